The van der Waals surface area contributed by atoms with E-state index in [-0.39, 0.29) is 12.0 Å². The fourth-order valence-electron chi connectivity index (χ4n) is 4.82. The summed E-state index contributed by atoms with van der Waals surface area (Å²) in [5.74, 6) is 0.245. The number of rotatable bonds is 6. The van der Waals surface area contributed by atoms with Crippen molar-refractivity contribution in [2.45, 2.75) is 64.3 Å². The number of amides is 1. The highest BCUT2D eigenvalue weighted by Gasteiger charge is 2.33. The predicted octanol–water partition coefficient (Wildman–Crippen LogP) is 3.29. The molecule has 6 heteroatoms. The minimum atomic E-state index is 0.00978. The number of hydrogen-bond donors (Lipinski definition) is 0. The van der Waals surface area contributed by atoms with Gasteiger partial charge in [0.05, 0.1) is 24.9 Å². The van der Waals surface area contributed by atoms with E-state index < -0.39 is 0 Å². The highest BCUT2D eigenvalue weighted by atomic mass is 16.5. The molecule has 0 N–H and O–H groups in total. The third-order valence-corrected chi connectivity index (χ3v) is 6.39. The largest absolute Gasteiger partial charge is 0.370 e. The summed E-state index contributed by atoms with van der Waals surface area (Å²) in [6.45, 7) is 5.25. The van der Waals surface area contributed by atoms with Crippen LogP contribution < -0.4 is 0 Å². The molecule has 30 heavy (non-hydrogen) atoms. The van der Waals surface area contributed by atoms with Crippen LogP contribution >= 0.6 is 0 Å². The molecule has 1 aliphatic heterocycles. The Hall–Kier alpha value is -2.18. The van der Waals surface area contributed by atoms with Gasteiger partial charge in [0.25, 0.3) is 0 Å². The fraction of sp³-hybridized carbons (Fsp3) is 0.583. The highest BCUT2D eigenvalue weighted by Crippen LogP contribution is 2.25. The van der Waals surface area contributed by atoms with Gasteiger partial charge in [0.1, 0.15) is 0 Å². The van der Waals surface area contributed by atoms with Crippen LogP contribution in [0.15, 0.2) is 36.5 Å². The molecule has 162 valence electrons. The van der Waals surface area contributed by atoms with Crippen LogP contribution in [0.25, 0.3) is 0 Å². The SMILES string of the molecule is Cc1nn(C)cc1CN1CC(=O)N(C2CCCCC2)CC(OCc2ccccc2)C1. The normalized spacial score (nSPS) is 21.7. The second-order valence-electron chi connectivity index (χ2n) is 8.84. The van der Waals surface area contributed by atoms with E-state index in [4.69, 9.17) is 4.74 Å². The second-order valence-corrected chi connectivity index (χ2v) is 8.84. The average Bonchev–Trinajstić information content (AvgIpc) is 2.97. The maximum absolute atomic E-state index is 13.2. The first-order valence-corrected chi connectivity index (χ1v) is 11.2. The first-order valence-electron chi connectivity index (χ1n) is 11.2. The van der Waals surface area contributed by atoms with Gasteiger partial charge in [0.2, 0.25) is 5.91 Å². The Balaban J connectivity index is 1.49. The van der Waals surface area contributed by atoms with Crippen molar-refractivity contribution in [2.24, 2.45) is 7.05 Å². The number of carbonyl (C=O) groups excluding carboxylic acids is 1. The highest BCUT2D eigenvalue weighted by molar-refractivity contribution is 5.79. The van der Waals surface area contributed by atoms with Crippen LogP contribution in [0.3, 0.4) is 0 Å². The van der Waals surface area contributed by atoms with Crippen LogP contribution in [0, 0.1) is 6.92 Å². The summed E-state index contributed by atoms with van der Waals surface area (Å²) in [5, 5.41) is 4.47. The maximum atomic E-state index is 13.2. The molecule has 1 saturated heterocycles. The summed E-state index contributed by atoms with van der Waals surface area (Å²) in [7, 11) is 1.95. The Morgan fingerprint density at radius 3 is 2.57 bits per heavy atom. The summed E-state index contributed by atoms with van der Waals surface area (Å²) < 4.78 is 8.21. The Morgan fingerprint density at radius 1 is 1.10 bits per heavy atom. The van der Waals surface area contributed by atoms with Crippen molar-refractivity contribution in [1.29, 1.82) is 0 Å². The van der Waals surface area contributed by atoms with E-state index in [0.29, 0.717) is 25.7 Å². The molecule has 1 aromatic carbocycles. The fourth-order valence-corrected chi connectivity index (χ4v) is 4.82. The third kappa shape index (κ3) is 5.29. The van der Waals surface area contributed by atoms with Gasteiger partial charge in [0.15, 0.2) is 0 Å². The van der Waals surface area contributed by atoms with Crippen LogP contribution in [0.4, 0.5) is 0 Å². The average molecular weight is 411 g/mol. The molecule has 2 fully saturated rings. The lowest BCUT2D eigenvalue weighted by atomic mass is 9.94. The van der Waals surface area contributed by atoms with E-state index in [0.717, 1.165) is 31.6 Å². The molecule has 2 heterocycles. The predicted molar refractivity (Wildman–Crippen MR) is 117 cm³/mol. The molecule has 2 aliphatic rings. The molecule has 1 unspecified atom stereocenters. The Kier molecular flexibility index (Phi) is 6.85. The lowest BCUT2D eigenvalue weighted by Gasteiger charge is -2.35. The molecule has 6 nitrogen and oxygen atoms in total. The quantitative estimate of drug-likeness (QED) is 0.733. The van der Waals surface area contributed by atoms with Crippen LogP contribution in [-0.4, -0.2) is 57.3 Å². The number of ether oxygens (including phenoxy) is 1. The lowest BCUT2D eigenvalue weighted by molar-refractivity contribution is -0.135. The number of aromatic nitrogens is 2. The summed E-state index contributed by atoms with van der Waals surface area (Å²) >= 11 is 0. The van der Waals surface area contributed by atoms with Crippen molar-refractivity contribution in [2.75, 3.05) is 19.6 Å². The molecule has 0 spiro atoms. The molecular weight excluding hydrogens is 376 g/mol. The Morgan fingerprint density at radius 2 is 1.87 bits per heavy atom. The van der Waals surface area contributed by atoms with Gasteiger partial charge in [-0.3, -0.25) is 14.4 Å². The Bertz CT molecular complexity index is 829. The number of benzene rings is 1. The van der Waals surface area contributed by atoms with Gasteiger partial charge in [0, 0.05) is 44.5 Å². The van der Waals surface area contributed by atoms with Crippen LogP contribution in [0.5, 0.6) is 0 Å². The van der Waals surface area contributed by atoms with Gasteiger partial charge in [-0.1, -0.05) is 49.6 Å². The molecule has 1 saturated carbocycles. The first-order chi connectivity index (χ1) is 14.6. The topological polar surface area (TPSA) is 50.6 Å². The van der Waals surface area contributed by atoms with Crippen molar-refractivity contribution in [1.82, 2.24) is 19.6 Å². The van der Waals surface area contributed by atoms with Crippen molar-refractivity contribution in [3.63, 3.8) is 0 Å². The summed E-state index contributed by atoms with van der Waals surface area (Å²) in [6, 6.07) is 10.7. The molecule has 1 aromatic heterocycles. The van der Waals surface area contributed by atoms with E-state index in [2.05, 4.69) is 33.2 Å². The van der Waals surface area contributed by atoms with E-state index in [1.165, 1.54) is 30.4 Å². The van der Waals surface area contributed by atoms with Crippen molar-refractivity contribution >= 4 is 5.91 Å². The third-order valence-electron chi connectivity index (χ3n) is 6.39. The molecule has 0 bridgehead atoms. The molecule has 4 rings (SSSR count). The minimum absolute atomic E-state index is 0.00978. The smallest absolute Gasteiger partial charge is 0.237 e. The monoisotopic (exact) mass is 410 g/mol. The number of aryl methyl sites for hydroxylation is 2. The second kappa shape index (κ2) is 9.75. The molecule has 0 radical (unpaired) electrons. The zero-order valence-corrected chi connectivity index (χ0v) is 18.3. The minimum Gasteiger partial charge on any atom is -0.370 e. The van der Waals surface area contributed by atoms with E-state index in [1.807, 2.05) is 36.9 Å². The van der Waals surface area contributed by atoms with Gasteiger partial charge in [-0.05, 0) is 25.3 Å². The van der Waals surface area contributed by atoms with Gasteiger partial charge in [-0.25, -0.2) is 0 Å². The van der Waals surface area contributed by atoms with Gasteiger partial charge >= 0.3 is 0 Å². The van der Waals surface area contributed by atoms with Gasteiger partial charge in [-0.2, -0.15) is 5.10 Å². The zero-order valence-electron chi connectivity index (χ0n) is 18.3. The molecule has 1 amide bonds. The first kappa shape index (κ1) is 21.1. The van der Waals surface area contributed by atoms with E-state index >= 15 is 0 Å². The van der Waals surface area contributed by atoms with E-state index in [9.17, 15) is 4.79 Å². The van der Waals surface area contributed by atoms with Gasteiger partial charge < -0.3 is 9.64 Å². The molecule has 1 atom stereocenters. The standard InChI is InChI=1S/C24H34N4O2/c1-19-21(13-26(2)25-19)14-27-15-23(30-18-20-9-5-3-6-10-20)16-28(24(29)17-27)22-11-7-4-8-12-22/h3,5-6,9-10,13,22-23H,4,7-8,11-12,14-18H2,1-2H3. The zero-order chi connectivity index (χ0) is 20.9. The summed E-state index contributed by atoms with van der Waals surface area (Å²) in [5.41, 5.74) is 3.38. The Labute approximate surface area is 179 Å². The van der Waals surface area contributed by atoms with E-state index in [1.54, 1.807) is 0 Å². The van der Waals surface area contributed by atoms with Crippen molar-refractivity contribution in [3.05, 3.63) is 53.3 Å². The maximum Gasteiger partial charge on any atom is 0.237 e. The van der Waals surface area contributed by atoms with Gasteiger partial charge in [-0.15, -0.1) is 0 Å². The lowest BCUT2D eigenvalue weighted by Crippen LogP contribution is -2.45. The molecular formula is C24H34N4O2. The molecule has 1 aliphatic carbocycles. The number of carbonyl (C=O) groups is 1. The van der Waals surface area contributed by atoms with Crippen LogP contribution in [0.1, 0.15) is 48.9 Å². The molecule has 2 aromatic rings. The summed E-state index contributed by atoms with van der Waals surface area (Å²) in [4.78, 5) is 17.6. The van der Waals surface area contributed by atoms with Crippen LogP contribution in [0.2, 0.25) is 0 Å². The van der Waals surface area contributed by atoms with Crippen molar-refractivity contribution < 1.29 is 9.53 Å². The van der Waals surface area contributed by atoms with Crippen molar-refractivity contribution in [3.8, 4) is 0 Å². The number of nitrogens with zero attached hydrogens (tertiary/aromatic N) is 4. The summed E-state index contributed by atoms with van der Waals surface area (Å²) in [6.07, 6.45) is 8.06. The number of hydrogen-bond acceptors (Lipinski definition) is 4. The van der Waals surface area contributed by atoms with Crippen LogP contribution in [-0.2, 0) is 29.7 Å².